The third-order valence-corrected chi connectivity index (χ3v) is 3.08. The molecule has 2 rings (SSSR count). The molecule has 6 heteroatoms. The van der Waals surface area contributed by atoms with Gasteiger partial charge in [-0.3, -0.25) is 10.2 Å². The van der Waals surface area contributed by atoms with E-state index in [1.165, 1.54) is 5.01 Å². The first-order chi connectivity index (χ1) is 9.16. The lowest BCUT2D eigenvalue weighted by Gasteiger charge is -2.21. The van der Waals surface area contributed by atoms with Crippen molar-refractivity contribution in [1.29, 1.82) is 0 Å². The molecule has 1 aromatic carbocycles. The molecule has 3 N–H and O–H groups in total. The molecule has 1 saturated heterocycles. The number of hydrogen-bond donors (Lipinski definition) is 3. The van der Waals surface area contributed by atoms with Gasteiger partial charge in [0.15, 0.2) is 0 Å². The molecule has 0 radical (unpaired) electrons. The molecule has 0 bridgehead atoms. The number of hydrazine groups is 1. The fourth-order valence-corrected chi connectivity index (χ4v) is 2.11. The maximum atomic E-state index is 11.7. The molecule has 0 spiro atoms. The lowest BCUT2D eigenvalue weighted by molar-refractivity contribution is -0.142. The number of carboxylic acid groups (broad SMARTS) is 1. The van der Waals surface area contributed by atoms with Crippen molar-refractivity contribution in [1.82, 2.24) is 15.8 Å². The second kappa shape index (κ2) is 6.19. The van der Waals surface area contributed by atoms with Crippen LogP contribution in [0.3, 0.4) is 0 Å². The average Bonchev–Trinajstić information content (AvgIpc) is 2.86. The van der Waals surface area contributed by atoms with Gasteiger partial charge < -0.3 is 10.4 Å². The molecule has 0 saturated carbocycles. The van der Waals surface area contributed by atoms with E-state index in [0.29, 0.717) is 19.5 Å². The molecule has 1 aromatic rings. The zero-order valence-corrected chi connectivity index (χ0v) is 10.5. The molecule has 2 amide bonds. The van der Waals surface area contributed by atoms with Crippen LogP contribution in [-0.4, -0.2) is 34.7 Å². The number of hydrogen-bond acceptors (Lipinski definition) is 3. The van der Waals surface area contributed by atoms with Crippen LogP contribution >= 0.6 is 0 Å². The van der Waals surface area contributed by atoms with Crippen LogP contribution in [0.4, 0.5) is 4.79 Å². The van der Waals surface area contributed by atoms with Crippen LogP contribution in [-0.2, 0) is 11.3 Å². The number of urea groups is 1. The normalized spacial score (nSPS) is 19.1. The van der Waals surface area contributed by atoms with E-state index in [1.54, 1.807) is 0 Å². The fourth-order valence-electron chi connectivity index (χ4n) is 2.11. The zero-order valence-electron chi connectivity index (χ0n) is 10.5. The number of carbonyl (C=O) groups excluding carboxylic acids is 1. The standard InChI is InChI=1S/C13H17N3O3/c17-12(18)11-7-4-8-16(11)15-13(19)14-9-10-5-2-1-3-6-10/h1-3,5-6,11H,4,7-9H2,(H,17,18)(H2,14,15,19). The van der Waals surface area contributed by atoms with Crippen LogP contribution in [0.2, 0.25) is 0 Å². The first-order valence-corrected chi connectivity index (χ1v) is 6.24. The summed E-state index contributed by atoms with van der Waals surface area (Å²) in [6.07, 6.45) is 1.34. The highest BCUT2D eigenvalue weighted by atomic mass is 16.4. The molecule has 1 fully saturated rings. The maximum absolute atomic E-state index is 11.7. The van der Waals surface area contributed by atoms with Crippen molar-refractivity contribution in [2.24, 2.45) is 0 Å². The van der Waals surface area contributed by atoms with E-state index in [2.05, 4.69) is 10.7 Å². The Hall–Kier alpha value is -2.08. The zero-order chi connectivity index (χ0) is 13.7. The van der Waals surface area contributed by atoms with Crippen LogP contribution in [0, 0.1) is 0 Å². The number of nitrogens with one attached hydrogen (secondary N) is 2. The third kappa shape index (κ3) is 3.69. The van der Waals surface area contributed by atoms with Gasteiger partial charge in [0.2, 0.25) is 0 Å². The van der Waals surface area contributed by atoms with E-state index in [0.717, 1.165) is 12.0 Å². The molecule has 0 aliphatic carbocycles. The Bertz CT molecular complexity index is 450. The van der Waals surface area contributed by atoms with E-state index < -0.39 is 12.0 Å². The summed E-state index contributed by atoms with van der Waals surface area (Å²) in [7, 11) is 0. The molecular formula is C13H17N3O3. The van der Waals surface area contributed by atoms with E-state index in [4.69, 9.17) is 5.11 Å². The van der Waals surface area contributed by atoms with Crippen LogP contribution in [0.1, 0.15) is 18.4 Å². The number of carbonyl (C=O) groups is 2. The minimum atomic E-state index is -0.902. The van der Waals surface area contributed by atoms with Crippen molar-refractivity contribution in [2.75, 3.05) is 6.54 Å². The van der Waals surface area contributed by atoms with Crippen molar-refractivity contribution in [3.63, 3.8) is 0 Å². The summed E-state index contributed by atoms with van der Waals surface area (Å²) in [5.41, 5.74) is 3.58. The highest BCUT2D eigenvalue weighted by Gasteiger charge is 2.31. The summed E-state index contributed by atoms with van der Waals surface area (Å²) < 4.78 is 0. The third-order valence-electron chi connectivity index (χ3n) is 3.08. The largest absolute Gasteiger partial charge is 0.480 e. The summed E-state index contributed by atoms with van der Waals surface area (Å²) in [5.74, 6) is -0.902. The summed E-state index contributed by atoms with van der Waals surface area (Å²) in [5, 5.41) is 13.2. The van der Waals surface area contributed by atoms with Gasteiger partial charge in [-0.05, 0) is 18.4 Å². The molecule has 1 heterocycles. The number of benzene rings is 1. The van der Waals surface area contributed by atoms with Gasteiger partial charge in [-0.25, -0.2) is 9.80 Å². The molecule has 102 valence electrons. The molecule has 19 heavy (non-hydrogen) atoms. The van der Waals surface area contributed by atoms with E-state index in [9.17, 15) is 9.59 Å². The Morgan fingerprint density at radius 3 is 2.74 bits per heavy atom. The van der Waals surface area contributed by atoms with Crippen molar-refractivity contribution in [3.05, 3.63) is 35.9 Å². The van der Waals surface area contributed by atoms with Crippen molar-refractivity contribution in [3.8, 4) is 0 Å². The Morgan fingerprint density at radius 2 is 2.05 bits per heavy atom. The summed E-state index contributed by atoms with van der Waals surface area (Å²) >= 11 is 0. The number of amides is 2. The Balaban J connectivity index is 1.80. The lowest BCUT2D eigenvalue weighted by Crippen LogP contribution is -2.51. The molecule has 1 unspecified atom stereocenters. The minimum Gasteiger partial charge on any atom is -0.480 e. The fraction of sp³-hybridized carbons (Fsp3) is 0.385. The van der Waals surface area contributed by atoms with Crippen molar-refractivity contribution < 1.29 is 14.7 Å². The summed E-state index contributed by atoms with van der Waals surface area (Å²) in [6.45, 7) is 0.980. The molecule has 0 aromatic heterocycles. The first-order valence-electron chi connectivity index (χ1n) is 6.24. The molecular weight excluding hydrogens is 246 g/mol. The van der Waals surface area contributed by atoms with Gasteiger partial charge in [-0.2, -0.15) is 0 Å². The van der Waals surface area contributed by atoms with E-state index in [1.807, 2.05) is 30.3 Å². The molecule has 1 aliphatic heterocycles. The van der Waals surface area contributed by atoms with Gasteiger partial charge in [-0.15, -0.1) is 0 Å². The van der Waals surface area contributed by atoms with Crippen LogP contribution in [0.25, 0.3) is 0 Å². The van der Waals surface area contributed by atoms with Gasteiger partial charge in [0.25, 0.3) is 0 Å². The van der Waals surface area contributed by atoms with Gasteiger partial charge in [-0.1, -0.05) is 30.3 Å². The van der Waals surface area contributed by atoms with Crippen LogP contribution in [0.5, 0.6) is 0 Å². The second-order valence-electron chi connectivity index (χ2n) is 4.47. The lowest BCUT2D eigenvalue weighted by atomic mass is 10.2. The Labute approximate surface area is 111 Å². The van der Waals surface area contributed by atoms with Crippen LogP contribution in [0.15, 0.2) is 30.3 Å². The maximum Gasteiger partial charge on any atom is 0.329 e. The molecule has 1 atom stereocenters. The number of aliphatic carboxylic acids is 1. The second-order valence-corrected chi connectivity index (χ2v) is 4.47. The summed E-state index contributed by atoms with van der Waals surface area (Å²) in [4.78, 5) is 22.6. The van der Waals surface area contributed by atoms with Gasteiger partial charge >= 0.3 is 12.0 Å². The van der Waals surface area contributed by atoms with Crippen molar-refractivity contribution in [2.45, 2.75) is 25.4 Å². The molecule has 1 aliphatic rings. The van der Waals surface area contributed by atoms with Crippen molar-refractivity contribution >= 4 is 12.0 Å². The van der Waals surface area contributed by atoms with Gasteiger partial charge in [0.05, 0.1) is 0 Å². The number of nitrogens with zero attached hydrogens (tertiary/aromatic N) is 1. The number of carboxylic acids is 1. The average molecular weight is 263 g/mol. The highest BCUT2D eigenvalue weighted by Crippen LogP contribution is 2.14. The quantitative estimate of drug-likeness (QED) is 0.755. The Kier molecular flexibility index (Phi) is 4.35. The monoisotopic (exact) mass is 263 g/mol. The summed E-state index contributed by atoms with van der Waals surface area (Å²) in [6, 6.07) is 8.53. The van der Waals surface area contributed by atoms with Gasteiger partial charge in [0, 0.05) is 13.1 Å². The minimum absolute atomic E-state index is 0.378. The highest BCUT2D eigenvalue weighted by molar-refractivity contribution is 5.76. The number of rotatable bonds is 4. The predicted octanol–water partition coefficient (Wildman–Crippen LogP) is 0.950. The molecule has 6 nitrogen and oxygen atoms in total. The van der Waals surface area contributed by atoms with E-state index in [-0.39, 0.29) is 6.03 Å². The predicted molar refractivity (Wildman–Crippen MR) is 69.2 cm³/mol. The van der Waals surface area contributed by atoms with Gasteiger partial charge in [0.1, 0.15) is 6.04 Å². The van der Waals surface area contributed by atoms with Crippen LogP contribution < -0.4 is 10.7 Å². The first kappa shape index (κ1) is 13.4. The SMILES string of the molecule is O=C(NCc1ccccc1)NN1CCCC1C(=O)O. The Morgan fingerprint density at radius 1 is 1.32 bits per heavy atom. The topological polar surface area (TPSA) is 81.7 Å². The smallest absolute Gasteiger partial charge is 0.329 e. The van der Waals surface area contributed by atoms with E-state index >= 15 is 0 Å².